The summed E-state index contributed by atoms with van der Waals surface area (Å²) in [5, 5.41) is 0.644. The average molecular weight is 267 g/mol. The van der Waals surface area contributed by atoms with Gasteiger partial charge in [0.05, 0.1) is 10.7 Å². The van der Waals surface area contributed by atoms with Gasteiger partial charge < -0.3 is 10.6 Å². The number of nitrogens with two attached hydrogens (primary N) is 1. The van der Waals surface area contributed by atoms with E-state index in [0.29, 0.717) is 18.0 Å². The Kier molecular flexibility index (Phi) is 3.64. The molecule has 1 aliphatic heterocycles. The average Bonchev–Trinajstić information content (AvgIpc) is 2.55. The molecule has 4 heteroatoms. The molecule has 0 aromatic heterocycles. The number of halogens is 1. The van der Waals surface area contributed by atoms with Crippen molar-refractivity contribution in [2.24, 2.45) is 11.7 Å². The molecule has 0 bridgehead atoms. The highest BCUT2D eigenvalue weighted by molar-refractivity contribution is 6.34. The second-order valence-corrected chi connectivity index (χ2v) is 5.52. The van der Waals surface area contributed by atoms with Crippen LogP contribution < -0.4 is 10.6 Å². The molecule has 98 valence electrons. The number of carbonyl (C=O) groups is 1. The molecule has 1 aliphatic rings. The summed E-state index contributed by atoms with van der Waals surface area (Å²) in [6.07, 6.45) is 0.515. The van der Waals surface area contributed by atoms with E-state index in [1.54, 1.807) is 0 Å². The first-order valence-electron chi connectivity index (χ1n) is 6.24. The van der Waals surface area contributed by atoms with E-state index in [1.807, 2.05) is 31.7 Å². The van der Waals surface area contributed by atoms with Crippen molar-refractivity contribution in [2.45, 2.75) is 33.2 Å². The Labute approximate surface area is 113 Å². The number of amides is 1. The molecule has 1 heterocycles. The van der Waals surface area contributed by atoms with Gasteiger partial charge in [0.15, 0.2) is 0 Å². The first kappa shape index (κ1) is 13.4. The molecular weight excluding hydrogens is 248 g/mol. The van der Waals surface area contributed by atoms with Crippen LogP contribution >= 0.6 is 11.6 Å². The predicted octanol–water partition coefficient (Wildman–Crippen LogP) is 2.66. The third-order valence-electron chi connectivity index (χ3n) is 3.74. The Hall–Kier alpha value is -1.06. The molecule has 2 N–H and O–H groups in total. The number of benzene rings is 1. The SMILES string of the molecule is Cc1cc(C)c(N2C(=O)CC(CN)C2C)c(Cl)c1. The molecule has 0 spiro atoms. The highest BCUT2D eigenvalue weighted by Gasteiger charge is 2.38. The first-order chi connectivity index (χ1) is 8.45. The third kappa shape index (κ3) is 2.13. The van der Waals surface area contributed by atoms with Crippen LogP contribution in [0.3, 0.4) is 0 Å². The van der Waals surface area contributed by atoms with Gasteiger partial charge in [-0.3, -0.25) is 4.79 Å². The van der Waals surface area contributed by atoms with E-state index in [4.69, 9.17) is 17.3 Å². The van der Waals surface area contributed by atoms with Crippen molar-refractivity contribution in [3.8, 4) is 0 Å². The van der Waals surface area contributed by atoms with Crippen molar-refractivity contribution in [3.63, 3.8) is 0 Å². The predicted molar refractivity (Wildman–Crippen MR) is 75.0 cm³/mol. The molecule has 1 aromatic rings. The minimum atomic E-state index is 0.112. The minimum Gasteiger partial charge on any atom is -0.330 e. The maximum absolute atomic E-state index is 12.2. The van der Waals surface area contributed by atoms with E-state index in [-0.39, 0.29) is 17.9 Å². The summed E-state index contributed by atoms with van der Waals surface area (Å²) in [5.74, 6) is 0.334. The van der Waals surface area contributed by atoms with Gasteiger partial charge in [0, 0.05) is 18.4 Å². The summed E-state index contributed by atoms with van der Waals surface area (Å²) in [6, 6.07) is 4.07. The zero-order chi connectivity index (χ0) is 13.4. The lowest BCUT2D eigenvalue weighted by atomic mass is 10.0. The van der Waals surface area contributed by atoms with Crippen molar-refractivity contribution in [1.29, 1.82) is 0 Å². The molecule has 2 atom stereocenters. The molecule has 0 saturated carbocycles. The van der Waals surface area contributed by atoms with Crippen molar-refractivity contribution in [3.05, 3.63) is 28.3 Å². The third-order valence-corrected chi connectivity index (χ3v) is 4.03. The summed E-state index contributed by atoms with van der Waals surface area (Å²) in [7, 11) is 0. The second kappa shape index (κ2) is 4.90. The zero-order valence-corrected chi connectivity index (χ0v) is 11.8. The van der Waals surface area contributed by atoms with E-state index >= 15 is 0 Å². The molecule has 1 amide bonds. The summed E-state index contributed by atoms with van der Waals surface area (Å²) in [6.45, 7) is 6.56. The molecule has 18 heavy (non-hydrogen) atoms. The Morgan fingerprint density at radius 2 is 2.11 bits per heavy atom. The zero-order valence-electron chi connectivity index (χ0n) is 11.0. The lowest BCUT2D eigenvalue weighted by molar-refractivity contribution is -0.117. The minimum absolute atomic E-state index is 0.112. The van der Waals surface area contributed by atoms with E-state index in [0.717, 1.165) is 16.8 Å². The van der Waals surface area contributed by atoms with Crippen LogP contribution in [0.1, 0.15) is 24.5 Å². The fourth-order valence-corrected chi connectivity index (χ4v) is 3.17. The van der Waals surface area contributed by atoms with Crippen LogP contribution in [0, 0.1) is 19.8 Å². The molecule has 0 radical (unpaired) electrons. The summed E-state index contributed by atoms with van der Waals surface area (Å²) < 4.78 is 0. The van der Waals surface area contributed by atoms with Gasteiger partial charge in [0.1, 0.15) is 0 Å². The van der Waals surface area contributed by atoms with E-state index < -0.39 is 0 Å². The van der Waals surface area contributed by atoms with Crippen molar-refractivity contribution < 1.29 is 4.79 Å². The molecular formula is C14H19ClN2O. The van der Waals surface area contributed by atoms with Crippen molar-refractivity contribution in [1.82, 2.24) is 0 Å². The number of hydrogen-bond donors (Lipinski definition) is 1. The standard InChI is InChI=1S/C14H19ClN2O/c1-8-4-9(2)14(12(15)5-8)17-10(3)11(7-16)6-13(17)18/h4-5,10-11H,6-7,16H2,1-3H3. The summed E-state index contributed by atoms with van der Waals surface area (Å²) in [4.78, 5) is 14.0. The van der Waals surface area contributed by atoms with Crippen LogP contribution in [-0.2, 0) is 4.79 Å². The van der Waals surface area contributed by atoms with Gasteiger partial charge in [-0.1, -0.05) is 17.7 Å². The van der Waals surface area contributed by atoms with E-state index in [2.05, 4.69) is 6.07 Å². The Balaban J connectivity index is 2.46. The fourth-order valence-electron chi connectivity index (χ4n) is 2.75. The molecule has 2 unspecified atom stereocenters. The Morgan fingerprint density at radius 1 is 1.44 bits per heavy atom. The van der Waals surface area contributed by atoms with Crippen LogP contribution in [0.4, 0.5) is 5.69 Å². The first-order valence-corrected chi connectivity index (χ1v) is 6.62. The van der Waals surface area contributed by atoms with Crippen LogP contribution in [-0.4, -0.2) is 18.5 Å². The van der Waals surface area contributed by atoms with Crippen LogP contribution in [0.15, 0.2) is 12.1 Å². The number of carbonyl (C=O) groups excluding carboxylic acids is 1. The quantitative estimate of drug-likeness (QED) is 0.895. The van der Waals surface area contributed by atoms with Gasteiger partial charge in [0.25, 0.3) is 0 Å². The molecule has 1 aromatic carbocycles. The molecule has 1 fully saturated rings. The molecule has 0 aliphatic carbocycles. The smallest absolute Gasteiger partial charge is 0.227 e. The largest absolute Gasteiger partial charge is 0.330 e. The second-order valence-electron chi connectivity index (χ2n) is 5.12. The lowest BCUT2D eigenvalue weighted by Gasteiger charge is -2.27. The van der Waals surface area contributed by atoms with Gasteiger partial charge in [-0.05, 0) is 44.5 Å². The van der Waals surface area contributed by atoms with Crippen LogP contribution in [0.5, 0.6) is 0 Å². The van der Waals surface area contributed by atoms with Gasteiger partial charge in [0.2, 0.25) is 5.91 Å². The van der Waals surface area contributed by atoms with Gasteiger partial charge in [-0.15, -0.1) is 0 Å². The van der Waals surface area contributed by atoms with E-state index in [9.17, 15) is 4.79 Å². The maximum Gasteiger partial charge on any atom is 0.227 e. The Bertz CT molecular complexity index is 464. The molecule has 1 saturated heterocycles. The van der Waals surface area contributed by atoms with Gasteiger partial charge in [-0.2, -0.15) is 0 Å². The Morgan fingerprint density at radius 3 is 2.61 bits per heavy atom. The van der Waals surface area contributed by atoms with Crippen LogP contribution in [0.2, 0.25) is 5.02 Å². The van der Waals surface area contributed by atoms with Crippen LogP contribution in [0.25, 0.3) is 0 Å². The van der Waals surface area contributed by atoms with Gasteiger partial charge >= 0.3 is 0 Å². The summed E-state index contributed by atoms with van der Waals surface area (Å²) >= 11 is 6.31. The van der Waals surface area contributed by atoms with Gasteiger partial charge in [-0.25, -0.2) is 0 Å². The highest BCUT2D eigenvalue weighted by atomic mass is 35.5. The number of nitrogens with zero attached hydrogens (tertiary/aromatic N) is 1. The highest BCUT2D eigenvalue weighted by Crippen LogP contribution is 2.37. The lowest BCUT2D eigenvalue weighted by Crippen LogP contribution is -2.35. The fraction of sp³-hybridized carbons (Fsp3) is 0.500. The van der Waals surface area contributed by atoms with Crippen molar-refractivity contribution >= 4 is 23.2 Å². The molecule has 3 nitrogen and oxygen atoms in total. The molecule has 2 rings (SSSR count). The normalized spacial score (nSPS) is 23.8. The van der Waals surface area contributed by atoms with Crippen molar-refractivity contribution in [2.75, 3.05) is 11.4 Å². The maximum atomic E-state index is 12.2. The number of hydrogen-bond acceptors (Lipinski definition) is 2. The number of rotatable bonds is 2. The summed E-state index contributed by atoms with van der Waals surface area (Å²) in [5.41, 5.74) is 8.71. The van der Waals surface area contributed by atoms with E-state index in [1.165, 1.54) is 0 Å². The number of aryl methyl sites for hydroxylation is 2. The number of anilines is 1. The monoisotopic (exact) mass is 266 g/mol. The topological polar surface area (TPSA) is 46.3 Å².